The Morgan fingerprint density at radius 3 is 2.73 bits per heavy atom. The third kappa shape index (κ3) is 2.59. The second kappa shape index (κ2) is 5.25. The average Bonchev–Trinajstić information content (AvgIpc) is 2.73. The molecule has 2 aliphatic rings. The normalized spacial score (nSPS) is 21.7. The van der Waals surface area contributed by atoms with E-state index in [0.717, 1.165) is 22.4 Å². The Kier molecular flexibility index (Phi) is 3.65. The first kappa shape index (κ1) is 15.3. The molecule has 114 valence electrons. The summed E-state index contributed by atoms with van der Waals surface area (Å²) in [4.78, 5) is 14.4. The second-order valence-electron chi connectivity index (χ2n) is 5.98. The average molecular weight is 331 g/mol. The number of benzene rings is 1. The summed E-state index contributed by atoms with van der Waals surface area (Å²) >= 11 is 6.55. The number of carbonyl (C=O) groups is 1. The smallest absolute Gasteiger partial charge is 0.266 e. The largest absolute Gasteiger partial charge is 0.483 e. The van der Waals surface area contributed by atoms with Gasteiger partial charge in [0.1, 0.15) is 15.7 Å². The fraction of sp³-hybridized carbons (Fsp3) is 0.294. The molecule has 1 aromatic rings. The predicted molar refractivity (Wildman–Crippen MR) is 95.7 cm³/mol. The van der Waals surface area contributed by atoms with Crippen LogP contribution in [0.15, 0.2) is 29.2 Å². The summed E-state index contributed by atoms with van der Waals surface area (Å²) in [5, 5.41) is 0. The van der Waals surface area contributed by atoms with Crippen LogP contribution in [0.2, 0.25) is 0 Å². The van der Waals surface area contributed by atoms with Crippen LogP contribution in [0.3, 0.4) is 0 Å². The van der Waals surface area contributed by atoms with E-state index in [4.69, 9.17) is 17.0 Å². The van der Waals surface area contributed by atoms with Crippen molar-refractivity contribution in [3.63, 3.8) is 0 Å². The van der Waals surface area contributed by atoms with Gasteiger partial charge in [0.15, 0.2) is 0 Å². The topological polar surface area (TPSA) is 29.5 Å². The molecular formula is C17H17NO2S2. The minimum absolute atomic E-state index is 0.0295. The number of ether oxygens (including phenoxy) is 1. The summed E-state index contributed by atoms with van der Waals surface area (Å²) in [5.41, 5.74) is 2.71. The maximum Gasteiger partial charge on any atom is 0.266 e. The molecule has 0 spiro atoms. The third-order valence-corrected chi connectivity index (χ3v) is 5.44. The maximum absolute atomic E-state index is 12.2. The number of thioether (sulfide) groups is 1. The van der Waals surface area contributed by atoms with E-state index in [-0.39, 0.29) is 11.5 Å². The van der Waals surface area contributed by atoms with Crippen LogP contribution >= 0.6 is 24.0 Å². The van der Waals surface area contributed by atoms with Crippen LogP contribution in [0.5, 0.6) is 5.75 Å². The van der Waals surface area contributed by atoms with Gasteiger partial charge in [-0.1, -0.05) is 36.1 Å². The van der Waals surface area contributed by atoms with Gasteiger partial charge in [-0.2, -0.15) is 0 Å². The van der Waals surface area contributed by atoms with Gasteiger partial charge < -0.3 is 4.74 Å². The highest BCUT2D eigenvalue weighted by Crippen LogP contribution is 2.38. The number of nitrogens with zero attached hydrogens (tertiary/aromatic N) is 1. The fourth-order valence-electron chi connectivity index (χ4n) is 2.42. The number of rotatable bonds is 1. The van der Waals surface area contributed by atoms with Gasteiger partial charge in [-0.3, -0.25) is 9.69 Å². The zero-order valence-electron chi connectivity index (χ0n) is 13.0. The summed E-state index contributed by atoms with van der Waals surface area (Å²) in [6.45, 7) is 6.01. The van der Waals surface area contributed by atoms with Gasteiger partial charge in [0, 0.05) is 12.6 Å². The van der Waals surface area contributed by atoms with Crippen LogP contribution in [-0.2, 0) is 4.79 Å². The van der Waals surface area contributed by atoms with Gasteiger partial charge in [-0.25, -0.2) is 0 Å². The monoisotopic (exact) mass is 331 g/mol. The number of hydrogen-bond donors (Lipinski definition) is 0. The standard InChI is InChI=1S/C17H17NO2S2/c1-10(14-15(19)18(4)16(21)22-14)11-5-6-13-12(9-11)7-8-17(2,3)20-13/h5-9H,1-4H3/b14-10+. The Balaban J connectivity index is 2.01. The highest BCUT2D eigenvalue weighted by atomic mass is 32.2. The molecule has 1 aromatic carbocycles. The molecule has 5 heteroatoms. The van der Waals surface area contributed by atoms with Crippen molar-refractivity contribution >= 4 is 45.9 Å². The number of amides is 1. The highest BCUT2D eigenvalue weighted by Gasteiger charge is 2.31. The van der Waals surface area contributed by atoms with Gasteiger partial charge in [-0.15, -0.1) is 0 Å². The number of hydrogen-bond acceptors (Lipinski definition) is 4. The molecule has 0 saturated carbocycles. The van der Waals surface area contributed by atoms with Crippen molar-refractivity contribution in [1.29, 1.82) is 0 Å². The second-order valence-corrected chi connectivity index (χ2v) is 7.62. The number of likely N-dealkylation sites (N-methyl/N-ethyl adjacent to an activating group) is 1. The minimum Gasteiger partial charge on any atom is -0.483 e. The van der Waals surface area contributed by atoms with E-state index in [2.05, 4.69) is 12.1 Å². The first-order valence-electron chi connectivity index (χ1n) is 7.02. The number of carbonyl (C=O) groups excluding carboxylic acids is 1. The molecule has 0 atom stereocenters. The number of allylic oxidation sites excluding steroid dienone is 1. The van der Waals surface area contributed by atoms with Crippen LogP contribution in [0.1, 0.15) is 31.9 Å². The molecule has 2 aliphatic heterocycles. The molecular weight excluding hydrogens is 314 g/mol. The highest BCUT2D eigenvalue weighted by molar-refractivity contribution is 8.26. The lowest BCUT2D eigenvalue weighted by atomic mass is 9.98. The summed E-state index contributed by atoms with van der Waals surface area (Å²) in [7, 11) is 1.71. The first-order valence-corrected chi connectivity index (χ1v) is 8.24. The fourth-order valence-corrected chi connectivity index (χ4v) is 3.64. The van der Waals surface area contributed by atoms with Crippen LogP contribution in [-0.4, -0.2) is 27.8 Å². The molecule has 0 unspecified atom stereocenters. The van der Waals surface area contributed by atoms with Crippen molar-refractivity contribution < 1.29 is 9.53 Å². The quantitative estimate of drug-likeness (QED) is 0.572. The Morgan fingerprint density at radius 2 is 2.09 bits per heavy atom. The van der Waals surface area contributed by atoms with Crippen LogP contribution < -0.4 is 4.74 Å². The number of fused-ring (bicyclic) bond motifs is 1. The van der Waals surface area contributed by atoms with E-state index in [9.17, 15) is 4.79 Å². The predicted octanol–water partition coefficient (Wildman–Crippen LogP) is 4.09. The van der Waals surface area contributed by atoms with E-state index >= 15 is 0 Å². The van der Waals surface area contributed by atoms with Crippen LogP contribution in [0, 0.1) is 0 Å². The van der Waals surface area contributed by atoms with Crippen molar-refractivity contribution in [2.75, 3.05) is 7.05 Å². The molecule has 0 aromatic heterocycles. The SMILES string of the molecule is C/C(=C1\SC(=S)N(C)C1=O)c1ccc2c(c1)C=CC(C)(C)O2. The van der Waals surface area contributed by atoms with Crippen LogP contribution in [0.25, 0.3) is 11.6 Å². The van der Waals surface area contributed by atoms with Gasteiger partial charge in [-0.05, 0) is 50.1 Å². The summed E-state index contributed by atoms with van der Waals surface area (Å²) in [6, 6.07) is 6.01. The lowest BCUT2D eigenvalue weighted by Crippen LogP contribution is -2.27. The van der Waals surface area contributed by atoms with Crippen molar-refractivity contribution in [3.05, 3.63) is 40.3 Å². The van der Waals surface area contributed by atoms with E-state index in [1.807, 2.05) is 39.0 Å². The summed E-state index contributed by atoms with van der Waals surface area (Å²) in [5.74, 6) is 0.838. The molecule has 0 N–H and O–H groups in total. The molecule has 2 heterocycles. The lowest BCUT2D eigenvalue weighted by molar-refractivity contribution is -0.121. The minimum atomic E-state index is -0.284. The van der Waals surface area contributed by atoms with Crippen molar-refractivity contribution in [2.24, 2.45) is 0 Å². The zero-order chi connectivity index (χ0) is 16.1. The Hall–Kier alpha value is -1.59. The molecule has 0 bridgehead atoms. The van der Waals surface area contributed by atoms with Crippen molar-refractivity contribution in [1.82, 2.24) is 4.90 Å². The van der Waals surface area contributed by atoms with Gasteiger partial charge in [0.2, 0.25) is 0 Å². The molecule has 0 radical (unpaired) electrons. The van der Waals surface area contributed by atoms with Crippen molar-refractivity contribution in [3.8, 4) is 5.75 Å². The van der Waals surface area contributed by atoms with E-state index < -0.39 is 0 Å². The molecule has 1 fully saturated rings. The molecule has 1 saturated heterocycles. The lowest BCUT2D eigenvalue weighted by Gasteiger charge is -2.28. The first-order chi connectivity index (χ1) is 10.3. The third-order valence-electron chi connectivity index (χ3n) is 3.78. The van der Waals surface area contributed by atoms with E-state index in [1.54, 1.807) is 7.05 Å². The Morgan fingerprint density at radius 1 is 1.36 bits per heavy atom. The van der Waals surface area contributed by atoms with E-state index in [1.165, 1.54) is 16.7 Å². The number of thiocarbonyl (C=S) groups is 1. The Bertz CT molecular complexity index is 747. The summed E-state index contributed by atoms with van der Waals surface area (Å²) in [6.07, 6.45) is 4.11. The van der Waals surface area contributed by atoms with Gasteiger partial charge in [0.05, 0.1) is 4.91 Å². The van der Waals surface area contributed by atoms with Crippen LogP contribution in [0.4, 0.5) is 0 Å². The molecule has 3 rings (SSSR count). The summed E-state index contributed by atoms with van der Waals surface area (Å²) < 4.78 is 6.53. The van der Waals surface area contributed by atoms with Gasteiger partial charge in [0.25, 0.3) is 5.91 Å². The molecule has 22 heavy (non-hydrogen) atoms. The molecule has 1 amide bonds. The Labute approximate surface area is 140 Å². The van der Waals surface area contributed by atoms with Gasteiger partial charge >= 0.3 is 0 Å². The van der Waals surface area contributed by atoms with E-state index in [0.29, 0.717) is 9.23 Å². The maximum atomic E-state index is 12.2. The van der Waals surface area contributed by atoms with Crippen molar-refractivity contribution in [2.45, 2.75) is 26.4 Å². The zero-order valence-corrected chi connectivity index (χ0v) is 14.6. The molecule has 3 nitrogen and oxygen atoms in total. The molecule has 0 aliphatic carbocycles.